The molecule has 13 rings (SSSR count). The van der Waals surface area contributed by atoms with Gasteiger partial charge in [-0.15, -0.1) is 0 Å². The van der Waals surface area contributed by atoms with Crippen LogP contribution in [0.5, 0.6) is 0 Å². The van der Waals surface area contributed by atoms with Gasteiger partial charge in [-0.3, -0.25) is 14.4 Å². The monoisotopic (exact) mass is 1040 g/mol. The second-order valence-corrected chi connectivity index (χ2v) is 35.5. The van der Waals surface area contributed by atoms with E-state index < -0.39 is 52.0 Å². The number of benzene rings is 6. The number of carbonyl (C=O) groups excluding carboxylic acids is 3. The van der Waals surface area contributed by atoms with Gasteiger partial charge in [0, 0.05) is 58.1 Å². The predicted octanol–water partition coefficient (Wildman–Crippen LogP) is 14.6. The van der Waals surface area contributed by atoms with Crippen molar-refractivity contribution < 1.29 is 14.4 Å². The highest BCUT2D eigenvalue weighted by Crippen LogP contribution is 3.14. The van der Waals surface area contributed by atoms with Crippen molar-refractivity contribution in [2.45, 2.75) is 97.8 Å². The second-order valence-electron chi connectivity index (χ2n) is 24.4. The molecule has 0 atom stereocenters. The summed E-state index contributed by atoms with van der Waals surface area (Å²) < 4.78 is 5.95. The van der Waals surface area contributed by atoms with Crippen LogP contribution < -0.4 is 0 Å². The third kappa shape index (κ3) is 5.20. The summed E-state index contributed by atoms with van der Waals surface area (Å²) >= 11 is 0. The molecule has 0 aromatic heterocycles. The molecule has 3 amide bonds. The fraction of sp³-hybridized carbons (Fsp3) is 0.286. The fourth-order valence-corrected chi connectivity index (χ4v) is 42.0. The highest BCUT2D eigenvalue weighted by atomic mass is 31.3. The van der Waals surface area contributed by atoms with Gasteiger partial charge in [0.1, 0.15) is 14.7 Å². The van der Waals surface area contributed by atoms with Crippen LogP contribution in [0.2, 0.25) is 0 Å². The fourth-order valence-electron chi connectivity index (χ4n) is 14.8. The van der Waals surface area contributed by atoms with E-state index in [1.54, 1.807) is 20.8 Å². The summed E-state index contributed by atoms with van der Waals surface area (Å²) in [5.41, 5.74) is 13.0. The van der Waals surface area contributed by atoms with Gasteiger partial charge in [-0.1, -0.05) is 208 Å². The smallest absolute Gasteiger partial charge is 0.242 e. The first-order valence-corrected chi connectivity index (χ1v) is 31.5. The molecule has 0 saturated carbocycles. The normalized spacial score (nSPS) is 24.3. The van der Waals surface area contributed by atoms with Gasteiger partial charge in [0.05, 0.1) is 17.1 Å². The van der Waals surface area contributed by atoms with Gasteiger partial charge in [0.25, 0.3) is 0 Å². The second kappa shape index (κ2) is 15.2. The third-order valence-corrected chi connectivity index (χ3v) is 36.3. The molecule has 0 N–H and O–H groups in total. The Balaban J connectivity index is 1.52. The maximum atomic E-state index is 16.3. The molecule has 0 radical (unpaired) electrons. The highest BCUT2D eigenvalue weighted by Gasteiger charge is 2.90. The molecule has 6 aromatic rings. The Kier molecular flexibility index (Phi) is 9.78. The van der Waals surface area contributed by atoms with E-state index >= 15 is 14.4 Å². The molecule has 75 heavy (non-hydrogen) atoms. The van der Waals surface area contributed by atoms with E-state index in [1.807, 2.05) is 14.3 Å². The largest absolute Gasteiger partial charge is 0.273 e. The highest BCUT2D eigenvalue weighted by molar-refractivity contribution is 8.09. The SMILES string of the molecule is CC(=O)N1N=C(C(C)(C)C)C=P12C1(c3ccccc3-c3ccccc31)P1(=CC(C(C)(C)C)=NN1C(C)=O)C1(c3ccccc3-c3ccccc31)P1(=CC(C(C)(C)C)=NN1C(C)=O)C21c2ccccc2-c2ccccc21. The molecule has 0 unspecified atom stereocenters. The summed E-state index contributed by atoms with van der Waals surface area (Å²) in [4.78, 5) is 45.0. The lowest BCUT2D eigenvalue weighted by Crippen LogP contribution is -2.59. The van der Waals surface area contributed by atoms with Crippen LogP contribution in [-0.2, 0) is 29.1 Å². The van der Waals surface area contributed by atoms with Gasteiger partial charge in [0.2, 0.25) is 17.7 Å². The maximum Gasteiger partial charge on any atom is 0.242 e. The van der Waals surface area contributed by atoms with E-state index in [0.717, 1.165) is 83.9 Å². The average Bonchev–Trinajstić information content (AvgIpc) is 2.76. The lowest BCUT2D eigenvalue weighted by atomic mass is 9.91. The molecule has 4 aliphatic heterocycles. The van der Waals surface area contributed by atoms with E-state index in [2.05, 4.69) is 225 Å². The Morgan fingerprint density at radius 1 is 0.333 bits per heavy atom. The van der Waals surface area contributed by atoms with E-state index in [4.69, 9.17) is 15.3 Å². The molecular weight excluding hydrogens is 982 g/mol. The van der Waals surface area contributed by atoms with E-state index in [0.29, 0.717) is 0 Å². The lowest BCUT2D eigenvalue weighted by molar-refractivity contribution is -0.124. The van der Waals surface area contributed by atoms with Crippen LogP contribution in [0.15, 0.2) is 161 Å². The number of carbonyl (C=O) groups is 3. The molecule has 4 heterocycles. The summed E-state index contributed by atoms with van der Waals surface area (Å²) in [5.74, 6) is 6.86. The van der Waals surface area contributed by atoms with E-state index in [9.17, 15) is 0 Å². The molecule has 3 aliphatic carbocycles. The van der Waals surface area contributed by atoms with Gasteiger partial charge < -0.3 is 0 Å². The third-order valence-electron chi connectivity index (χ3n) is 17.2. The Labute approximate surface area is 441 Å². The van der Waals surface area contributed by atoms with Gasteiger partial charge in [-0.05, 0) is 84.2 Å². The minimum Gasteiger partial charge on any atom is -0.273 e. The molecule has 6 aromatic carbocycles. The van der Waals surface area contributed by atoms with Crippen molar-refractivity contribution in [2.24, 2.45) is 31.5 Å². The van der Waals surface area contributed by atoms with Crippen LogP contribution in [-0.4, -0.2) is 66.6 Å². The van der Waals surface area contributed by atoms with Crippen molar-refractivity contribution in [1.82, 2.24) is 14.3 Å². The van der Waals surface area contributed by atoms with Crippen molar-refractivity contribution in [1.29, 1.82) is 0 Å². The number of nitrogens with zero attached hydrogens (tertiary/aromatic N) is 6. The predicted molar refractivity (Wildman–Crippen MR) is 315 cm³/mol. The molecular formula is C63H63N6O3P3. The lowest BCUT2D eigenvalue weighted by Gasteiger charge is -2.75. The molecule has 7 aliphatic rings. The quantitative estimate of drug-likeness (QED) is 0.142. The van der Waals surface area contributed by atoms with Gasteiger partial charge in [-0.25, -0.2) is 14.3 Å². The first-order chi connectivity index (χ1) is 35.6. The zero-order valence-electron chi connectivity index (χ0n) is 44.8. The Hall–Kier alpha value is -6.36. The molecule has 1 saturated heterocycles. The average molecular weight is 1050 g/mol. The van der Waals surface area contributed by atoms with Crippen molar-refractivity contribution in [3.8, 4) is 33.4 Å². The van der Waals surface area contributed by atoms with Crippen molar-refractivity contribution in [2.75, 3.05) is 0 Å². The van der Waals surface area contributed by atoms with Crippen molar-refractivity contribution >= 4 is 73.4 Å². The molecule has 378 valence electrons. The van der Waals surface area contributed by atoms with E-state index in [1.165, 1.54) is 0 Å². The number of amides is 3. The molecule has 6 spiro atoms. The van der Waals surface area contributed by atoms with E-state index in [-0.39, 0.29) is 17.7 Å². The zero-order chi connectivity index (χ0) is 52.8. The Bertz CT molecular complexity index is 3360. The molecule has 12 heteroatoms. The first kappa shape index (κ1) is 48.3. The Morgan fingerprint density at radius 3 is 0.667 bits per heavy atom. The summed E-state index contributed by atoms with van der Waals surface area (Å²) in [5, 5.41) is 17.6. The maximum absolute atomic E-state index is 16.3. The minimum absolute atomic E-state index is 0.211. The molecule has 9 nitrogen and oxygen atoms in total. The van der Waals surface area contributed by atoms with Gasteiger partial charge in [0.15, 0.2) is 0 Å². The van der Waals surface area contributed by atoms with Crippen molar-refractivity contribution in [3.05, 3.63) is 179 Å². The number of hydrogen-bond acceptors (Lipinski definition) is 6. The van der Waals surface area contributed by atoms with Gasteiger partial charge in [-0.2, -0.15) is 15.3 Å². The summed E-state index contributed by atoms with van der Waals surface area (Å²) in [6.45, 7) is 24.7. The van der Waals surface area contributed by atoms with Crippen molar-refractivity contribution in [3.63, 3.8) is 0 Å². The summed E-state index contributed by atoms with van der Waals surface area (Å²) in [6, 6.07) is 52.9. The number of hydrogen-bond donors (Lipinski definition) is 0. The topological polar surface area (TPSA) is 98.0 Å². The molecule has 1 fully saturated rings. The number of hydrazone groups is 3. The van der Waals surface area contributed by atoms with Crippen LogP contribution in [0.25, 0.3) is 33.4 Å². The molecule has 0 bridgehead atoms. The van der Waals surface area contributed by atoms with Crippen LogP contribution in [0.4, 0.5) is 0 Å². The van der Waals surface area contributed by atoms with Crippen LogP contribution in [0.1, 0.15) is 116 Å². The number of fused-ring (bicyclic) bond motifs is 21. The van der Waals surface area contributed by atoms with Crippen LogP contribution in [0.3, 0.4) is 0 Å². The number of rotatable bonds is 0. The standard InChI is InChI=1S/C63H63N6O3P3/c1-40(70)67-64-55(58(4,5)6)37-73(67)61(49-31-19-13-25-43(49)44-26-14-20-32-50(44)61)74(38-56(59(7,8)9)65-68(74)41(2)71)63(53-35-23-17-29-47(53)48-30-18-24-36-54(48)63)75(39-57(60(10,11)12)66-69(75)42(3)72)62(73)51-33-21-15-27-45(51)46-28-16-22-34-52(46)62/h13-39H,1-12H3. The summed E-state index contributed by atoms with van der Waals surface area (Å²) in [6.07, 6.45) is 0. The van der Waals surface area contributed by atoms with Crippen LogP contribution >= 0.6 is 21.1 Å². The van der Waals surface area contributed by atoms with Gasteiger partial charge >= 0.3 is 0 Å². The zero-order valence-corrected chi connectivity index (χ0v) is 47.5. The Morgan fingerprint density at radius 2 is 0.507 bits per heavy atom. The minimum atomic E-state index is -4.03. The van der Waals surface area contributed by atoms with Crippen LogP contribution in [0, 0.1) is 16.2 Å². The summed E-state index contributed by atoms with van der Waals surface area (Å²) in [7, 11) is -12.1. The first-order valence-electron chi connectivity index (χ1n) is 26.1.